The fraction of sp³-hybridized carbons (Fsp3) is 0.750. The van der Waals surface area contributed by atoms with Crippen molar-refractivity contribution in [3.8, 4) is 0 Å². The summed E-state index contributed by atoms with van der Waals surface area (Å²) in [6.45, 7) is 5.75. The van der Waals surface area contributed by atoms with Gasteiger partial charge in [-0.25, -0.2) is 4.98 Å². The second kappa shape index (κ2) is 5.46. The molecule has 0 radical (unpaired) electrons. The van der Waals surface area contributed by atoms with Gasteiger partial charge >= 0.3 is 0 Å². The first-order valence-corrected chi connectivity index (χ1v) is 6.03. The first-order chi connectivity index (χ1) is 7.75. The van der Waals surface area contributed by atoms with Crippen LogP contribution in [0.25, 0.3) is 0 Å². The minimum atomic E-state index is 0.152. The minimum absolute atomic E-state index is 0.152. The zero-order valence-electron chi connectivity index (χ0n) is 10.0. The Labute approximate surface area is 96.4 Å². The highest BCUT2D eigenvalue weighted by Crippen LogP contribution is 2.15. The number of aryl methyl sites for hydroxylation is 1. The number of hydrogen-bond acceptors (Lipinski definition) is 4. The maximum Gasteiger partial charge on any atom is 0.211 e. The summed E-state index contributed by atoms with van der Waals surface area (Å²) in [6, 6.07) is 0.152. The molecule has 0 bridgehead atoms. The summed E-state index contributed by atoms with van der Waals surface area (Å²) in [6.07, 6.45) is 5.74. The van der Waals surface area contributed by atoms with E-state index in [1.807, 2.05) is 6.92 Å². The molecule has 2 rings (SSSR count). The summed E-state index contributed by atoms with van der Waals surface area (Å²) in [5, 5.41) is 3.40. The molecule has 4 nitrogen and oxygen atoms in total. The summed E-state index contributed by atoms with van der Waals surface area (Å²) >= 11 is 0. The minimum Gasteiger partial charge on any atom is -0.444 e. The first kappa shape index (κ1) is 11.6. The highest BCUT2D eigenvalue weighted by Gasteiger charge is 2.16. The molecule has 1 aromatic rings. The van der Waals surface area contributed by atoms with E-state index in [1.54, 1.807) is 6.20 Å². The lowest BCUT2D eigenvalue weighted by atomic mass is 10.1. The van der Waals surface area contributed by atoms with Crippen LogP contribution >= 0.6 is 0 Å². The lowest BCUT2D eigenvalue weighted by Crippen LogP contribution is -2.33. The number of oxazole rings is 1. The van der Waals surface area contributed by atoms with E-state index < -0.39 is 0 Å². The SMILES string of the molecule is Cc1cnc(C(C)NCC2CCCCO2)o1. The van der Waals surface area contributed by atoms with Gasteiger partial charge in [0.15, 0.2) is 0 Å². The van der Waals surface area contributed by atoms with Crippen molar-refractivity contribution in [3.63, 3.8) is 0 Å². The molecule has 1 fully saturated rings. The van der Waals surface area contributed by atoms with Crippen molar-refractivity contribution in [3.05, 3.63) is 17.8 Å². The predicted octanol–water partition coefficient (Wildman–Crippen LogP) is 2.20. The first-order valence-electron chi connectivity index (χ1n) is 6.03. The summed E-state index contributed by atoms with van der Waals surface area (Å²) in [7, 11) is 0. The molecule has 0 amide bonds. The predicted molar refractivity (Wildman–Crippen MR) is 61.2 cm³/mol. The maximum atomic E-state index is 5.66. The van der Waals surface area contributed by atoms with E-state index in [0.29, 0.717) is 6.10 Å². The Morgan fingerprint density at radius 2 is 2.44 bits per heavy atom. The molecule has 2 unspecified atom stereocenters. The van der Waals surface area contributed by atoms with Crippen LogP contribution in [0.3, 0.4) is 0 Å². The van der Waals surface area contributed by atoms with Crippen LogP contribution in [0.1, 0.15) is 43.9 Å². The highest BCUT2D eigenvalue weighted by molar-refractivity contribution is 4.95. The number of ether oxygens (including phenoxy) is 1. The third-order valence-corrected chi connectivity index (χ3v) is 2.94. The van der Waals surface area contributed by atoms with Crippen molar-refractivity contribution in [1.29, 1.82) is 0 Å². The van der Waals surface area contributed by atoms with Crippen LogP contribution in [0.15, 0.2) is 10.6 Å². The standard InChI is InChI=1S/C12H20N2O2/c1-9-7-14-12(16-9)10(2)13-8-11-5-3-4-6-15-11/h7,10-11,13H,3-6,8H2,1-2H3. The fourth-order valence-corrected chi connectivity index (χ4v) is 1.94. The van der Waals surface area contributed by atoms with Gasteiger partial charge in [-0.1, -0.05) is 0 Å². The van der Waals surface area contributed by atoms with Crippen LogP contribution in [0.4, 0.5) is 0 Å². The van der Waals surface area contributed by atoms with E-state index in [9.17, 15) is 0 Å². The van der Waals surface area contributed by atoms with Gasteiger partial charge in [0.05, 0.1) is 18.3 Å². The van der Waals surface area contributed by atoms with Gasteiger partial charge in [-0.2, -0.15) is 0 Å². The molecular weight excluding hydrogens is 204 g/mol. The second-order valence-electron chi connectivity index (χ2n) is 4.43. The molecule has 16 heavy (non-hydrogen) atoms. The lowest BCUT2D eigenvalue weighted by Gasteiger charge is -2.23. The van der Waals surface area contributed by atoms with E-state index >= 15 is 0 Å². The third kappa shape index (κ3) is 3.06. The molecule has 4 heteroatoms. The van der Waals surface area contributed by atoms with Crippen LogP contribution in [0, 0.1) is 6.92 Å². The topological polar surface area (TPSA) is 47.3 Å². The molecule has 0 saturated carbocycles. The Hall–Kier alpha value is -0.870. The van der Waals surface area contributed by atoms with E-state index in [4.69, 9.17) is 9.15 Å². The van der Waals surface area contributed by atoms with Gasteiger partial charge in [-0.15, -0.1) is 0 Å². The Morgan fingerprint density at radius 3 is 3.06 bits per heavy atom. The molecule has 1 aliphatic heterocycles. The van der Waals surface area contributed by atoms with Gasteiger partial charge in [0, 0.05) is 13.2 Å². The lowest BCUT2D eigenvalue weighted by molar-refractivity contribution is 0.0152. The molecule has 1 N–H and O–H groups in total. The number of hydrogen-bond donors (Lipinski definition) is 1. The van der Waals surface area contributed by atoms with Crippen LogP contribution in [0.2, 0.25) is 0 Å². The van der Waals surface area contributed by atoms with Crippen LogP contribution in [-0.4, -0.2) is 24.2 Å². The zero-order chi connectivity index (χ0) is 11.4. The van der Waals surface area contributed by atoms with Crippen molar-refractivity contribution in [2.24, 2.45) is 0 Å². The number of nitrogens with one attached hydrogen (secondary N) is 1. The van der Waals surface area contributed by atoms with Crippen molar-refractivity contribution < 1.29 is 9.15 Å². The summed E-state index contributed by atoms with van der Waals surface area (Å²) in [4.78, 5) is 4.21. The number of nitrogens with zero attached hydrogens (tertiary/aromatic N) is 1. The Kier molecular flexibility index (Phi) is 3.96. The van der Waals surface area contributed by atoms with E-state index in [2.05, 4.69) is 17.2 Å². The van der Waals surface area contributed by atoms with Crippen molar-refractivity contribution in [2.75, 3.05) is 13.2 Å². The average Bonchev–Trinajstić information content (AvgIpc) is 2.74. The molecule has 0 spiro atoms. The molecule has 1 aromatic heterocycles. The van der Waals surface area contributed by atoms with Gasteiger partial charge in [0.1, 0.15) is 5.76 Å². The number of aromatic nitrogens is 1. The van der Waals surface area contributed by atoms with Crippen molar-refractivity contribution in [1.82, 2.24) is 10.3 Å². The van der Waals surface area contributed by atoms with E-state index in [-0.39, 0.29) is 6.04 Å². The highest BCUT2D eigenvalue weighted by atomic mass is 16.5. The average molecular weight is 224 g/mol. The van der Waals surface area contributed by atoms with Gasteiger partial charge in [-0.3, -0.25) is 0 Å². The molecule has 2 heterocycles. The van der Waals surface area contributed by atoms with Gasteiger partial charge in [-0.05, 0) is 33.1 Å². The van der Waals surface area contributed by atoms with Gasteiger partial charge < -0.3 is 14.5 Å². The molecule has 1 saturated heterocycles. The van der Waals surface area contributed by atoms with Crippen molar-refractivity contribution >= 4 is 0 Å². The molecule has 90 valence electrons. The fourth-order valence-electron chi connectivity index (χ4n) is 1.94. The Bertz CT molecular complexity index is 319. The third-order valence-electron chi connectivity index (χ3n) is 2.94. The van der Waals surface area contributed by atoms with Crippen molar-refractivity contribution in [2.45, 2.75) is 45.3 Å². The Balaban J connectivity index is 1.76. The summed E-state index contributed by atoms with van der Waals surface area (Å²) < 4.78 is 11.1. The largest absolute Gasteiger partial charge is 0.444 e. The normalized spacial score (nSPS) is 23.2. The molecule has 2 atom stereocenters. The van der Waals surface area contributed by atoms with Gasteiger partial charge in [0.25, 0.3) is 0 Å². The molecular formula is C12H20N2O2. The van der Waals surface area contributed by atoms with Gasteiger partial charge in [0.2, 0.25) is 5.89 Å². The Morgan fingerprint density at radius 1 is 1.56 bits per heavy atom. The maximum absolute atomic E-state index is 5.66. The molecule has 1 aliphatic rings. The van der Waals surface area contributed by atoms with E-state index in [0.717, 1.165) is 31.2 Å². The van der Waals surface area contributed by atoms with Crippen LogP contribution in [0.5, 0.6) is 0 Å². The smallest absolute Gasteiger partial charge is 0.211 e. The van der Waals surface area contributed by atoms with Crippen LogP contribution < -0.4 is 5.32 Å². The van der Waals surface area contributed by atoms with Crippen LogP contribution in [-0.2, 0) is 4.74 Å². The molecule has 0 aliphatic carbocycles. The quantitative estimate of drug-likeness (QED) is 0.851. The molecule has 0 aromatic carbocycles. The summed E-state index contributed by atoms with van der Waals surface area (Å²) in [5.41, 5.74) is 0. The zero-order valence-corrected chi connectivity index (χ0v) is 10.0. The second-order valence-corrected chi connectivity index (χ2v) is 4.43. The summed E-state index contributed by atoms with van der Waals surface area (Å²) in [5.74, 6) is 1.62. The number of rotatable bonds is 4. The van der Waals surface area contributed by atoms with E-state index in [1.165, 1.54) is 12.8 Å². The monoisotopic (exact) mass is 224 g/mol.